The summed E-state index contributed by atoms with van der Waals surface area (Å²) in [4.78, 5) is 26.6. The summed E-state index contributed by atoms with van der Waals surface area (Å²) >= 11 is 1.38. The molecule has 0 fully saturated rings. The van der Waals surface area contributed by atoms with E-state index in [0.29, 0.717) is 33.6 Å². The van der Waals surface area contributed by atoms with E-state index in [-0.39, 0.29) is 10.8 Å². The highest BCUT2D eigenvalue weighted by Crippen LogP contribution is 2.33. The zero-order chi connectivity index (χ0) is 19.0. The second-order valence-corrected chi connectivity index (χ2v) is 7.49. The summed E-state index contributed by atoms with van der Waals surface area (Å²) in [5.41, 5.74) is 1.49. The van der Waals surface area contributed by atoms with Crippen molar-refractivity contribution in [3.63, 3.8) is 0 Å². The van der Waals surface area contributed by atoms with Crippen LogP contribution in [0.2, 0.25) is 0 Å². The number of hydrogen-bond acceptors (Lipinski definition) is 7. The molecule has 0 aliphatic carbocycles. The number of thioether (sulfide) groups is 1. The van der Waals surface area contributed by atoms with Crippen molar-refractivity contribution in [3.8, 4) is 5.82 Å². The van der Waals surface area contributed by atoms with Gasteiger partial charge >= 0.3 is 0 Å². The number of pyridine rings is 1. The van der Waals surface area contributed by atoms with Crippen LogP contribution in [-0.4, -0.2) is 24.7 Å². The zero-order valence-corrected chi connectivity index (χ0v) is 15.9. The maximum atomic E-state index is 13.2. The molecular formula is C19H17N5O2S. The number of fused-ring (bicyclic) bond motifs is 1. The average Bonchev–Trinajstić information content (AvgIpc) is 3.08. The normalized spacial score (nSPS) is 12.4. The Balaban J connectivity index is 1.89. The number of hydrogen-bond donors (Lipinski definition) is 0. The van der Waals surface area contributed by atoms with Crippen LogP contribution in [0.5, 0.6) is 0 Å². The molecule has 7 nitrogen and oxygen atoms in total. The molecule has 0 aliphatic heterocycles. The van der Waals surface area contributed by atoms with E-state index in [1.807, 2.05) is 44.2 Å². The molecule has 0 spiro atoms. The molecule has 1 aromatic carbocycles. The first-order valence-corrected chi connectivity index (χ1v) is 9.32. The molecule has 27 heavy (non-hydrogen) atoms. The highest BCUT2D eigenvalue weighted by molar-refractivity contribution is 7.99. The number of nitrogens with zero attached hydrogens (tertiary/aromatic N) is 5. The van der Waals surface area contributed by atoms with Gasteiger partial charge in [0.05, 0.1) is 16.2 Å². The molecule has 0 aliphatic rings. The summed E-state index contributed by atoms with van der Waals surface area (Å²) in [6.45, 7) is 5.67. The molecule has 0 amide bonds. The Morgan fingerprint density at radius 1 is 1.15 bits per heavy atom. The molecule has 136 valence electrons. The summed E-state index contributed by atoms with van der Waals surface area (Å²) in [5, 5.41) is 4.74. The Labute approximate surface area is 159 Å². The Morgan fingerprint density at radius 3 is 2.70 bits per heavy atom. The van der Waals surface area contributed by atoms with Crippen LogP contribution in [0.15, 0.2) is 57.1 Å². The van der Waals surface area contributed by atoms with E-state index in [1.54, 1.807) is 23.8 Å². The smallest absolute Gasteiger partial charge is 0.267 e. The second kappa shape index (κ2) is 6.96. The van der Waals surface area contributed by atoms with Crippen LogP contribution in [0.25, 0.3) is 16.7 Å². The quantitative estimate of drug-likeness (QED) is 0.395. The summed E-state index contributed by atoms with van der Waals surface area (Å²) in [7, 11) is 0. The molecule has 3 aromatic heterocycles. The van der Waals surface area contributed by atoms with Gasteiger partial charge in [0.25, 0.3) is 5.56 Å². The molecule has 8 heteroatoms. The standard InChI is InChI=1S/C19H17N5O2S/c1-11-8-9-20-16(10-11)24-18(25)14-6-4-5-7-15(14)22-19(24)27-12(2)17-21-13(3)23-26-17/h4-10,12H,1-3H3. The van der Waals surface area contributed by atoms with Crippen LogP contribution in [-0.2, 0) is 0 Å². The third kappa shape index (κ3) is 3.35. The van der Waals surface area contributed by atoms with Crippen LogP contribution in [0.3, 0.4) is 0 Å². The molecule has 4 aromatic rings. The van der Waals surface area contributed by atoms with Crippen LogP contribution < -0.4 is 5.56 Å². The topological polar surface area (TPSA) is 86.7 Å². The lowest BCUT2D eigenvalue weighted by Gasteiger charge is -2.14. The van der Waals surface area contributed by atoms with Gasteiger partial charge in [-0.15, -0.1) is 0 Å². The van der Waals surface area contributed by atoms with Crippen molar-refractivity contribution < 1.29 is 4.52 Å². The van der Waals surface area contributed by atoms with Crippen molar-refractivity contribution in [1.29, 1.82) is 0 Å². The third-order valence-electron chi connectivity index (χ3n) is 4.05. The van der Waals surface area contributed by atoms with Crippen molar-refractivity contribution in [2.45, 2.75) is 31.2 Å². The Morgan fingerprint density at radius 2 is 1.96 bits per heavy atom. The highest BCUT2D eigenvalue weighted by Gasteiger charge is 2.20. The Bertz CT molecular complexity index is 1180. The van der Waals surface area contributed by atoms with E-state index in [4.69, 9.17) is 9.51 Å². The fourth-order valence-electron chi connectivity index (χ4n) is 2.72. The van der Waals surface area contributed by atoms with Crippen molar-refractivity contribution in [3.05, 3.63) is 70.2 Å². The first kappa shape index (κ1) is 17.4. The van der Waals surface area contributed by atoms with Gasteiger partial charge in [-0.1, -0.05) is 29.1 Å². The number of rotatable bonds is 4. The van der Waals surface area contributed by atoms with Gasteiger partial charge in [-0.2, -0.15) is 4.98 Å². The van der Waals surface area contributed by atoms with Crippen LogP contribution in [0.4, 0.5) is 0 Å². The van der Waals surface area contributed by atoms with Gasteiger partial charge < -0.3 is 4.52 Å². The molecule has 0 saturated heterocycles. The van der Waals surface area contributed by atoms with Crippen LogP contribution in [0, 0.1) is 13.8 Å². The van der Waals surface area contributed by atoms with E-state index < -0.39 is 0 Å². The van der Waals surface area contributed by atoms with Gasteiger partial charge in [0.15, 0.2) is 11.0 Å². The van der Waals surface area contributed by atoms with E-state index in [1.165, 1.54) is 11.8 Å². The van der Waals surface area contributed by atoms with Crippen LogP contribution >= 0.6 is 11.8 Å². The molecule has 1 unspecified atom stereocenters. The van der Waals surface area contributed by atoms with Gasteiger partial charge in [0.2, 0.25) is 5.89 Å². The molecule has 0 N–H and O–H groups in total. The SMILES string of the molecule is Cc1ccnc(-n2c(SC(C)c3nc(C)no3)nc3ccccc3c2=O)c1. The zero-order valence-electron chi connectivity index (χ0n) is 15.1. The van der Waals surface area contributed by atoms with Crippen molar-refractivity contribution in [1.82, 2.24) is 24.7 Å². The summed E-state index contributed by atoms with van der Waals surface area (Å²) in [6, 6.07) is 11.1. The minimum absolute atomic E-state index is 0.157. The van der Waals surface area contributed by atoms with Crippen molar-refractivity contribution >= 4 is 22.7 Å². The molecule has 3 heterocycles. The van der Waals surface area contributed by atoms with Gasteiger partial charge in [0, 0.05) is 6.20 Å². The maximum absolute atomic E-state index is 13.2. The molecule has 0 bridgehead atoms. The lowest BCUT2D eigenvalue weighted by atomic mass is 10.2. The largest absolute Gasteiger partial charge is 0.338 e. The second-order valence-electron chi connectivity index (χ2n) is 6.18. The molecule has 1 atom stereocenters. The highest BCUT2D eigenvalue weighted by atomic mass is 32.2. The summed E-state index contributed by atoms with van der Waals surface area (Å²) in [6.07, 6.45) is 1.69. The summed E-state index contributed by atoms with van der Waals surface area (Å²) < 4.78 is 6.81. The number of aryl methyl sites for hydroxylation is 2. The van der Waals surface area contributed by atoms with E-state index in [2.05, 4.69) is 15.1 Å². The monoisotopic (exact) mass is 379 g/mol. The maximum Gasteiger partial charge on any atom is 0.267 e. The molecule has 4 rings (SSSR count). The first-order valence-electron chi connectivity index (χ1n) is 8.44. The minimum Gasteiger partial charge on any atom is -0.338 e. The molecule has 0 saturated carbocycles. The van der Waals surface area contributed by atoms with E-state index in [9.17, 15) is 4.79 Å². The lowest BCUT2D eigenvalue weighted by Crippen LogP contribution is -2.23. The fourth-order valence-corrected chi connectivity index (χ4v) is 3.67. The number of aromatic nitrogens is 5. The predicted octanol–water partition coefficient (Wildman–Crippen LogP) is 3.63. The molecular weight excluding hydrogens is 362 g/mol. The summed E-state index contributed by atoms with van der Waals surface area (Å²) in [5.74, 6) is 1.60. The van der Waals surface area contributed by atoms with Gasteiger partial charge in [-0.25, -0.2) is 14.5 Å². The predicted molar refractivity (Wildman–Crippen MR) is 103 cm³/mol. The van der Waals surface area contributed by atoms with Gasteiger partial charge in [0.1, 0.15) is 5.82 Å². The Kier molecular flexibility index (Phi) is 4.49. The number of para-hydroxylation sites is 1. The molecule has 0 radical (unpaired) electrons. The first-order chi connectivity index (χ1) is 13.0. The number of benzene rings is 1. The Hall–Kier alpha value is -3.00. The van der Waals surface area contributed by atoms with E-state index in [0.717, 1.165) is 5.56 Å². The third-order valence-corrected chi connectivity index (χ3v) is 5.09. The van der Waals surface area contributed by atoms with Crippen molar-refractivity contribution in [2.75, 3.05) is 0 Å². The van der Waals surface area contributed by atoms with Crippen LogP contribution in [0.1, 0.15) is 29.5 Å². The van der Waals surface area contributed by atoms with Gasteiger partial charge in [-0.05, 0) is 50.6 Å². The van der Waals surface area contributed by atoms with E-state index >= 15 is 0 Å². The lowest BCUT2D eigenvalue weighted by molar-refractivity contribution is 0.376. The van der Waals surface area contributed by atoms with Crippen molar-refractivity contribution in [2.24, 2.45) is 0 Å². The average molecular weight is 379 g/mol. The minimum atomic E-state index is -0.171. The fraction of sp³-hybridized carbons (Fsp3) is 0.211. The van der Waals surface area contributed by atoms with Gasteiger partial charge in [-0.3, -0.25) is 4.79 Å².